The van der Waals surface area contributed by atoms with E-state index in [1.165, 1.54) is 23.1 Å². The molecular weight excluding hydrogens is 346 g/mol. The second-order valence-corrected chi connectivity index (χ2v) is 8.03. The van der Waals surface area contributed by atoms with E-state index in [-0.39, 0.29) is 11.6 Å². The van der Waals surface area contributed by atoms with Gasteiger partial charge in [-0.15, -0.1) is 11.3 Å². The minimum Gasteiger partial charge on any atom is -0.476 e. The Kier molecular flexibility index (Phi) is 7.51. The number of aromatic nitrogens is 1. The summed E-state index contributed by atoms with van der Waals surface area (Å²) in [6.07, 6.45) is 2.70. The van der Waals surface area contributed by atoms with Crippen molar-refractivity contribution in [1.82, 2.24) is 14.8 Å². The number of carbonyl (C=O) groups excluding carboxylic acids is 1. The number of hydrogen-bond donors (Lipinski definition) is 1. The number of likely N-dealkylation sites (tertiary alicyclic amines) is 1. The molecule has 8 heteroatoms. The fraction of sp³-hybridized carbons (Fsp3) is 0.688. The van der Waals surface area contributed by atoms with Gasteiger partial charge >= 0.3 is 5.97 Å². The van der Waals surface area contributed by atoms with Gasteiger partial charge in [-0.05, 0) is 25.9 Å². The standard InChI is InChI=1S/C16H25N3O3S2/c1-3-7-18(4-2)10-12-5-6-14(20)19(12)8-9-23-16-17-13(11-24-16)15(21)22/h11-12H,3-10H2,1-2H3,(H,21,22). The van der Waals surface area contributed by atoms with Crippen LogP contribution in [-0.4, -0.2) is 69.7 Å². The molecule has 1 aliphatic heterocycles. The molecule has 2 heterocycles. The molecule has 1 unspecified atom stereocenters. The van der Waals surface area contributed by atoms with Crippen molar-refractivity contribution in [3.8, 4) is 0 Å². The molecule has 1 saturated heterocycles. The second-order valence-electron chi connectivity index (χ2n) is 5.83. The third-order valence-electron chi connectivity index (χ3n) is 4.17. The number of likely N-dealkylation sites (N-methyl/N-ethyl adjacent to an activating group) is 1. The van der Waals surface area contributed by atoms with Crippen molar-refractivity contribution in [2.45, 2.75) is 43.5 Å². The van der Waals surface area contributed by atoms with Gasteiger partial charge in [0, 0.05) is 36.7 Å². The zero-order valence-corrected chi connectivity index (χ0v) is 15.9. The molecule has 1 aromatic heterocycles. The van der Waals surface area contributed by atoms with Gasteiger partial charge in [-0.2, -0.15) is 0 Å². The van der Waals surface area contributed by atoms with Crippen LogP contribution in [0.3, 0.4) is 0 Å². The summed E-state index contributed by atoms with van der Waals surface area (Å²) < 4.78 is 0.747. The van der Waals surface area contributed by atoms with Crippen LogP contribution in [0.1, 0.15) is 43.6 Å². The lowest BCUT2D eigenvalue weighted by Gasteiger charge is -2.30. The normalized spacial score (nSPS) is 17.9. The molecule has 0 saturated carbocycles. The summed E-state index contributed by atoms with van der Waals surface area (Å²) in [5.41, 5.74) is 0.0933. The third-order valence-corrected chi connectivity index (χ3v) is 6.17. The Morgan fingerprint density at radius 1 is 1.54 bits per heavy atom. The predicted octanol–water partition coefficient (Wildman–Crippen LogP) is 2.66. The number of carboxylic acids is 1. The molecule has 1 amide bonds. The van der Waals surface area contributed by atoms with Crippen LogP contribution in [0.5, 0.6) is 0 Å². The summed E-state index contributed by atoms with van der Waals surface area (Å²) in [4.78, 5) is 31.5. The molecule has 134 valence electrons. The molecule has 0 aromatic carbocycles. The van der Waals surface area contributed by atoms with E-state index in [9.17, 15) is 9.59 Å². The van der Waals surface area contributed by atoms with Crippen molar-refractivity contribution in [1.29, 1.82) is 0 Å². The van der Waals surface area contributed by atoms with Gasteiger partial charge < -0.3 is 14.9 Å². The van der Waals surface area contributed by atoms with Crippen LogP contribution in [0.4, 0.5) is 0 Å². The van der Waals surface area contributed by atoms with Crippen molar-refractivity contribution in [3.63, 3.8) is 0 Å². The van der Waals surface area contributed by atoms with E-state index in [1.807, 2.05) is 4.90 Å². The van der Waals surface area contributed by atoms with E-state index < -0.39 is 5.97 Å². The molecule has 0 spiro atoms. The molecule has 6 nitrogen and oxygen atoms in total. The van der Waals surface area contributed by atoms with E-state index in [1.54, 1.807) is 5.38 Å². The summed E-state index contributed by atoms with van der Waals surface area (Å²) >= 11 is 2.86. The van der Waals surface area contributed by atoms with E-state index in [0.717, 1.165) is 42.6 Å². The Bertz CT molecular complexity index is 565. The van der Waals surface area contributed by atoms with E-state index in [4.69, 9.17) is 5.11 Å². The molecule has 1 aromatic rings. The first-order valence-electron chi connectivity index (χ1n) is 8.38. The highest BCUT2D eigenvalue weighted by Gasteiger charge is 2.31. The molecule has 0 bridgehead atoms. The SMILES string of the molecule is CCCN(CC)CC1CCC(=O)N1CCSc1nc(C(=O)O)cs1. The lowest BCUT2D eigenvalue weighted by molar-refractivity contribution is -0.128. The maximum Gasteiger partial charge on any atom is 0.355 e. The highest BCUT2D eigenvalue weighted by atomic mass is 32.2. The summed E-state index contributed by atoms with van der Waals surface area (Å²) in [5, 5.41) is 10.4. The Morgan fingerprint density at radius 2 is 2.33 bits per heavy atom. The highest BCUT2D eigenvalue weighted by Crippen LogP contribution is 2.25. The first-order chi connectivity index (χ1) is 11.5. The minimum absolute atomic E-state index is 0.0933. The Hall–Kier alpha value is -1.12. The van der Waals surface area contributed by atoms with E-state index >= 15 is 0 Å². The lowest BCUT2D eigenvalue weighted by atomic mass is 10.2. The Balaban J connectivity index is 1.84. The van der Waals surface area contributed by atoms with Gasteiger partial charge in [0.05, 0.1) is 0 Å². The van der Waals surface area contributed by atoms with Gasteiger partial charge in [-0.25, -0.2) is 9.78 Å². The molecule has 1 atom stereocenters. The number of thioether (sulfide) groups is 1. The molecule has 0 radical (unpaired) electrons. The van der Waals surface area contributed by atoms with Crippen molar-refractivity contribution in [3.05, 3.63) is 11.1 Å². The number of carboxylic acid groups (broad SMARTS) is 1. The zero-order chi connectivity index (χ0) is 17.5. The lowest BCUT2D eigenvalue weighted by Crippen LogP contribution is -2.43. The molecule has 0 aliphatic carbocycles. The minimum atomic E-state index is -0.997. The first-order valence-corrected chi connectivity index (χ1v) is 10.2. The van der Waals surface area contributed by atoms with Gasteiger partial charge in [0.1, 0.15) is 0 Å². The number of thiazole rings is 1. The molecule has 2 rings (SSSR count). The maximum absolute atomic E-state index is 12.2. The van der Waals surface area contributed by atoms with Crippen LogP contribution < -0.4 is 0 Å². The van der Waals surface area contributed by atoms with E-state index in [2.05, 4.69) is 23.7 Å². The van der Waals surface area contributed by atoms with Crippen LogP contribution in [0.2, 0.25) is 0 Å². The molecule has 1 fully saturated rings. The second kappa shape index (κ2) is 9.39. The largest absolute Gasteiger partial charge is 0.476 e. The quantitative estimate of drug-likeness (QED) is 0.638. The molecule has 1 aliphatic rings. The molecular formula is C16H25N3O3S2. The van der Waals surface area contributed by atoms with E-state index in [0.29, 0.717) is 19.0 Å². The Morgan fingerprint density at radius 3 is 2.96 bits per heavy atom. The average molecular weight is 372 g/mol. The van der Waals surface area contributed by atoms with Gasteiger partial charge in [0.25, 0.3) is 0 Å². The number of hydrogen-bond acceptors (Lipinski definition) is 6. The summed E-state index contributed by atoms with van der Waals surface area (Å²) in [6.45, 7) is 8.06. The summed E-state index contributed by atoms with van der Waals surface area (Å²) in [6, 6.07) is 0.301. The van der Waals surface area contributed by atoms with Gasteiger partial charge in [0.2, 0.25) is 5.91 Å². The van der Waals surface area contributed by atoms with Crippen molar-refractivity contribution >= 4 is 35.0 Å². The number of amides is 1. The molecule has 1 N–H and O–H groups in total. The number of rotatable bonds is 10. The summed E-state index contributed by atoms with van der Waals surface area (Å²) in [5.74, 6) is -0.0173. The fourth-order valence-electron chi connectivity index (χ4n) is 2.94. The van der Waals surface area contributed by atoms with Crippen LogP contribution in [0.25, 0.3) is 0 Å². The predicted molar refractivity (Wildman–Crippen MR) is 96.9 cm³/mol. The van der Waals surface area contributed by atoms with Crippen LogP contribution >= 0.6 is 23.1 Å². The van der Waals surface area contributed by atoms with Crippen LogP contribution in [0, 0.1) is 0 Å². The monoisotopic (exact) mass is 371 g/mol. The van der Waals surface area contributed by atoms with Gasteiger partial charge in [-0.3, -0.25) is 4.79 Å². The number of carbonyl (C=O) groups is 2. The summed E-state index contributed by atoms with van der Waals surface area (Å²) in [7, 11) is 0. The van der Waals surface area contributed by atoms with Crippen molar-refractivity contribution in [2.24, 2.45) is 0 Å². The molecule has 24 heavy (non-hydrogen) atoms. The number of aromatic carboxylic acids is 1. The number of nitrogens with zero attached hydrogens (tertiary/aromatic N) is 3. The first kappa shape index (κ1) is 19.2. The smallest absolute Gasteiger partial charge is 0.355 e. The topological polar surface area (TPSA) is 73.7 Å². The average Bonchev–Trinajstić information content (AvgIpc) is 3.16. The Labute approximate surface area is 151 Å². The maximum atomic E-state index is 12.2. The third kappa shape index (κ3) is 5.19. The van der Waals surface area contributed by atoms with Crippen LogP contribution in [-0.2, 0) is 4.79 Å². The van der Waals surface area contributed by atoms with Gasteiger partial charge in [0.15, 0.2) is 10.0 Å². The van der Waals surface area contributed by atoms with Crippen LogP contribution in [0.15, 0.2) is 9.72 Å². The van der Waals surface area contributed by atoms with Crippen molar-refractivity contribution < 1.29 is 14.7 Å². The zero-order valence-electron chi connectivity index (χ0n) is 14.2. The van der Waals surface area contributed by atoms with Crippen molar-refractivity contribution in [2.75, 3.05) is 31.9 Å². The highest BCUT2D eigenvalue weighted by molar-refractivity contribution is 8.01. The fourth-order valence-corrected chi connectivity index (χ4v) is 4.75. The van der Waals surface area contributed by atoms with Gasteiger partial charge in [-0.1, -0.05) is 25.6 Å².